The number of hydrogen-bond acceptors (Lipinski definition) is 29. The standard InChI is InChI=1S/C41H67N5O13S.C33H61N5O11S/c1-39(2,3)57-35(49)26-44-20-21-45(27-36(50)58-40(4,5)6)23-25-46(24-22-44)32(37(51)59-41(7,8)9)17-18-34(48)43-31(29-60(53,54)55)33(47)16-13-19-42-38(52)56-28-30-14-11-10-12-15-30;1-31(2,3)47-28(41)21-36-15-16-37(22-29(42)48-32(4,5)6)18-20-38(19-17-36)25(30(43)49-33(7,8)9)12-13-27(40)35-24(23-50(44,45)46)26(39)11-10-14-34/h10-12,14-15,31-32H,13,16-29H2,1-9H3,(H,42,52)(H,43,48)(H,53,54,55);24-25H,10-23,34H2,1-9H3,(H,35,40)(H,44,45,46)/t31-,32?;24-,25?/m00/s1. The van der Waals surface area contributed by atoms with Gasteiger partial charge in [0.25, 0.3) is 20.2 Å². The zero-order valence-corrected chi connectivity index (χ0v) is 69.8. The van der Waals surface area contributed by atoms with E-state index in [1.165, 1.54) is 0 Å². The van der Waals surface area contributed by atoms with Crippen molar-refractivity contribution in [3.05, 3.63) is 35.9 Å². The van der Waals surface area contributed by atoms with Gasteiger partial charge < -0.3 is 54.8 Å². The van der Waals surface area contributed by atoms with Gasteiger partial charge in [0, 0.05) is 111 Å². The van der Waals surface area contributed by atoms with Crippen LogP contribution in [0.25, 0.3) is 0 Å². The predicted octanol–water partition coefficient (Wildman–Crippen LogP) is 3.49. The Bertz CT molecular complexity index is 3290. The van der Waals surface area contributed by atoms with Crippen LogP contribution in [0.3, 0.4) is 0 Å². The molecule has 2 aliphatic heterocycles. The number of nitrogens with zero attached hydrogens (tertiary/aromatic N) is 6. The molecule has 0 aliphatic carbocycles. The lowest BCUT2D eigenvalue weighted by molar-refractivity contribution is -0.163. The molecule has 34 nitrogen and oxygen atoms in total. The summed E-state index contributed by atoms with van der Waals surface area (Å²) in [6.07, 6.45) is -1.49. The number of hydrogen-bond donors (Lipinski definition) is 6. The van der Waals surface area contributed by atoms with E-state index in [4.69, 9.17) is 38.9 Å². The van der Waals surface area contributed by atoms with Crippen LogP contribution in [-0.2, 0) is 108 Å². The highest BCUT2D eigenvalue weighted by Gasteiger charge is 2.37. The Balaban J connectivity index is 0.000000760. The number of ketones is 2. The molecule has 7 N–H and O–H groups in total. The summed E-state index contributed by atoms with van der Waals surface area (Å²) in [6, 6.07) is 3.94. The third kappa shape index (κ3) is 48.1. The molecule has 3 amide bonds. The van der Waals surface area contributed by atoms with Crippen LogP contribution >= 0.6 is 0 Å². The van der Waals surface area contributed by atoms with E-state index in [2.05, 4.69) is 16.0 Å². The minimum Gasteiger partial charge on any atom is -0.459 e. The van der Waals surface area contributed by atoms with Gasteiger partial charge in [0.05, 0.1) is 26.2 Å². The summed E-state index contributed by atoms with van der Waals surface area (Å²) in [4.78, 5) is 154. The van der Waals surface area contributed by atoms with Gasteiger partial charge in [-0.1, -0.05) is 30.3 Å². The van der Waals surface area contributed by atoms with Crippen LogP contribution in [0, 0.1) is 0 Å². The SMILES string of the molecule is CC(C)(C)OC(=O)CN1CCN(CC(=O)OC(C)(C)C)CCN(C(CCC(=O)N[C@@H](CS(=O)(=O)O)C(=O)CCCN)C(=O)OC(C)(C)C)CC1.CC(C)(C)OC(=O)CN1CCN(CC(=O)OC(C)(C)C)CCN(C(CCC(=O)N[C@@H](CS(=O)(=O)O)C(=O)CCCNC(=O)OCc2ccccc2)C(=O)OC(C)(C)C)CC1. The summed E-state index contributed by atoms with van der Waals surface area (Å²) in [6.45, 7) is 35.6. The maximum Gasteiger partial charge on any atom is 0.407 e. The van der Waals surface area contributed by atoms with Crippen molar-refractivity contribution in [3.8, 4) is 0 Å². The van der Waals surface area contributed by atoms with Gasteiger partial charge in [-0.15, -0.1) is 0 Å². The largest absolute Gasteiger partial charge is 0.459 e. The Morgan fingerprint density at radius 1 is 0.427 bits per heavy atom. The van der Waals surface area contributed by atoms with Crippen molar-refractivity contribution >= 4 is 85.5 Å². The fraction of sp³-hybridized carbons (Fsp3) is 0.770. The van der Waals surface area contributed by atoms with Gasteiger partial charge in [-0.2, -0.15) is 16.8 Å². The first-order chi connectivity index (χ1) is 50.4. The molecule has 0 spiro atoms. The molecule has 2 unspecified atom stereocenters. The van der Waals surface area contributed by atoms with Crippen LogP contribution in [0.5, 0.6) is 0 Å². The van der Waals surface area contributed by atoms with Crippen LogP contribution < -0.4 is 21.7 Å². The van der Waals surface area contributed by atoms with Gasteiger partial charge in [-0.05, 0) is 162 Å². The zero-order valence-electron chi connectivity index (χ0n) is 68.2. The lowest BCUT2D eigenvalue weighted by Gasteiger charge is -2.34. The highest BCUT2D eigenvalue weighted by molar-refractivity contribution is 7.86. The predicted molar refractivity (Wildman–Crippen MR) is 409 cm³/mol. The van der Waals surface area contributed by atoms with E-state index in [1.54, 1.807) is 149 Å². The van der Waals surface area contributed by atoms with Crippen molar-refractivity contribution in [2.45, 2.75) is 240 Å². The highest BCUT2D eigenvalue weighted by Crippen LogP contribution is 2.21. The van der Waals surface area contributed by atoms with Crippen molar-refractivity contribution in [2.75, 3.05) is 129 Å². The quantitative estimate of drug-likeness (QED) is 0.0245. The number of nitrogens with two attached hydrogens (primary N) is 1. The van der Waals surface area contributed by atoms with Crippen molar-refractivity contribution in [1.82, 2.24) is 45.3 Å². The van der Waals surface area contributed by atoms with Gasteiger partial charge in [0.1, 0.15) is 75.9 Å². The van der Waals surface area contributed by atoms with E-state index < -0.39 is 155 Å². The van der Waals surface area contributed by atoms with Crippen LogP contribution in [0.1, 0.15) is 182 Å². The maximum absolute atomic E-state index is 13.8. The fourth-order valence-electron chi connectivity index (χ4n) is 11.2. The normalized spacial score (nSPS) is 16.8. The summed E-state index contributed by atoms with van der Waals surface area (Å²) >= 11 is 0. The van der Waals surface area contributed by atoms with Crippen molar-refractivity contribution < 1.29 is 112 Å². The molecule has 630 valence electrons. The summed E-state index contributed by atoms with van der Waals surface area (Å²) in [7, 11) is -9.32. The van der Waals surface area contributed by atoms with Gasteiger partial charge in [0.15, 0.2) is 11.6 Å². The van der Waals surface area contributed by atoms with E-state index in [9.17, 15) is 78.7 Å². The van der Waals surface area contributed by atoms with Crippen molar-refractivity contribution in [1.29, 1.82) is 0 Å². The van der Waals surface area contributed by atoms with E-state index in [0.29, 0.717) is 52.4 Å². The Kier molecular flexibility index (Phi) is 41.2. The molecule has 2 fully saturated rings. The molecule has 1 aromatic rings. The Labute approximate surface area is 651 Å². The number of amides is 3. The molecule has 0 saturated carbocycles. The van der Waals surface area contributed by atoms with Gasteiger partial charge in [0.2, 0.25) is 11.8 Å². The topological polar surface area (TPSA) is 443 Å². The minimum absolute atomic E-state index is 0.0176. The van der Waals surface area contributed by atoms with Crippen LogP contribution in [0.15, 0.2) is 30.3 Å². The lowest BCUT2D eigenvalue weighted by Crippen LogP contribution is -2.50. The van der Waals surface area contributed by atoms with Crippen LogP contribution in [-0.4, -0.2) is 308 Å². The number of carbonyl (C=O) groups is 11. The number of nitrogens with one attached hydrogen (secondary N) is 3. The zero-order chi connectivity index (χ0) is 83.8. The van der Waals surface area contributed by atoms with E-state index in [-0.39, 0.29) is 123 Å². The number of Topliss-reactive ketones (excluding diaryl/α,β-unsaturated/α-hetero) is 2. The summed E-state index contributed by atoms with van der Waals surface area (Å²) in [5, 5.41) is 7.31. The Morgan fingerprint density at radius 3 is 1.00 bits per heavy atom. The number of ether oxygens (including phenoxy) is 7. The second kappa shape index (κ2) is 45.7. The van der Waals surface area contributed by atoms with E-state index in [1.807, 2.05) is 35.5 Å². The Morgan fingerprint density at radius 2 is 0.718 bits per heavy atom. The van der Waals surface area contributed by atoms with Gasteiger partial charge in [-0.3, -0.25) is 86.5 Å². The van der Waals surface area contributed by atoms with Crippen LogP contribution in [0.4, 0.5) is 4.79 Å². The molecule has 1 aromatic carbocycles. The fourth-order valence-corrected chi connectivity index (χ4v) is 12.6. The third-order valence-corrected chi connectivity index (χ3v) is 17.3. The first-order valence-corrected chi connectivity index (χ1v) is 40.6. The lowest BCUT2D eigenvalue weighted by atomic mass is 10.1. The highest BCUT2D eigenvalue weighted by atomic mass is 32.2. The molecule has 0 aromatic heterocycles. The molecule has 110 heavy (non-hydrogen) atoms. The maximum atomic E-state index is 13.8. The number of esters is 6. The van der Waals surface area contributed by atoms with Crippen molar-refractivity contribution in [2.24, 2.45) is 5.73 Å². The average Bonchev–Trinajstić information content (AvgIpc) is 1.23. The summed E-state index contributed by atoms with van der Waals surface area (Å²) < 4.78 is 105. The Hall–Kier alpha value is -6.87. The molecule has 36 heteroatoms. The molecular formula is C74H128N10O24S2. The second-order valence-corrected chi connectivity index (χ2v) is 36.3. The molecule has 4 atom stereocenters. The molecule has 2 saturated heterocycles. The van der Waals surface area contributed by atoms with E-state index >= 15 is 0 Å². The average molecular weight is 1610 g/mol. The smallest absolute Gasteiger partial charge is 0.407 e. The first-order valence-electron chi connectivity index (χ1n) is 37.3. The van der Waals surface area contributed by atoms with Gasteiger partial charge >= 0.3 is 41.9 Å². The molecule has 0 bridgehead atoms. The third-order valence-electron chi connectivity index (χ3n) is 15.8. The first kappa shape index (κ1) is 99.2. The summed E-state index contributed by atoms with van der Waals surface area (Å²) in [5.41, 5.74) is 1.68. The van der Waals surface area contributed by atoms with Crippen LogP contribution in [0.2, 0.25) is 0 Å². The van der Waals surface area contributed by atoms with E-state index in [0.717, 1.165) is 5.56 Å². The molecule has 3 rings (SSSR count). The molecule has 2 heterocycles. The molecule has 0 radical (unpaired) electrons. The minimum atomic E-state index is -4.72. The number of alkyl carbamates (subject to hydrolysis) is 1. The number of rotatable bonds is 35. The second-order valence-electron chi connectivity index (χ2n) is 33.4. The summed E-state index contributed by atoms with van der Waals surface area (Å²) in [5.74, 6) is -7.80. The monoisotopic (exact) mass is 1600 g/mol. The van der Waals surface area contributed by atoms with Crippen molar-refractivity contribution in [3.63, 3.8) is 0 Å². The molecule has 2 aliphatic rings. The number of carbonyl (C=O) groups excluding carboxylic acids is 11. The molecular weight excluding hydrogens is 1480 g/mol. The number of benzene rings is 1. The van der Waals surface area contributed by atoms with Gasteiger partial charge in [-0.25, -0.2) is 4.79 Å².